The number of aryl methyl sites for hydroxylation is 2. The largest absolute Gasteiger partial charge is 0.321 e. The van der Waals surface area contributed by atoms with Gasteiger partial charge in [-0.25, -0.2) is 9.97 Å². The summed E-state index contributed by atoms with van der Waals surface area (Å²) in [5.74, 6) is 1.94. The molecule has 0 radical (unpaired) electrons. The van der Waals surface area contributed by atoms with Crippen molar-refractivity contribution in [1.82, 2.24) is 19.7 Å². The van der Waals surface area contributed by atoms with E-state index in [0.29, 0.717) is 23.0 Å². The maximum atomic E-state index is 4.55. The zero-order valence-electron chi connectivity index (χ0n) is 14.2. The second kappa shape index (κ2) is 7.13. The second-order valence-electron chi connectivity index (χ2n) is 6.10. The summed E-state index contributed by atoms with van der Waals surface area (Å²) in [6, 6.07) is 0. The van der Waals surface area contributed by atoms with Gasteiger partial charge in [0.25, 0.3) is 0 Å². The number of hydrogen-bond acceptors (Lipinski definition) is 5. The van der Waals surface area contributed by atoms with Crippen LogP contribution in [-0.2, 0) is 7.05 Å². The molecule has 2 aromatic heterocycles. The third-order valence-corrected chi connectivity index (χ3v) is 5.46. The van der Waals surface area contributed by atoms with E-state index in [1.807, 2.05) is 38.1 Å². The lowest BCUT2D eigenvalue weighted by Crippen LogP contribution is -2.16. The molecule has 5 nitrogen and oxygen atoms in total. The van der Waals surface area contributed by atoms with E-state index in [0.717, 1.165) is 16.3 Å². The van der Waals surface area contributed by atoms with E-state index in [-0.39, 0.29) is 0 Å². The molecule has 2 atom stereocenters. The molecule has 22 heavy (non-hydrogen) atoms. The van der Waals surface area contributed by atoms with Crippen LogP contribution in [0.15, 0.2) is 23.5 Å². The number of anilines is 2. The molecular weight excluding hydrogens is 294 g/mol. The number of nitrogens with zero attached hydrogens (tertiary/aromatic N) is 4. The third kappa shape index (κ3) is 4.22. The fraction of sp³-hybridized carbons (Fsp3) is 0.562. The maximum absolute atomic E-state index is 4.55. The van der Waals surface area contributed by atoms with Gasteiger partial charge in [0.15, 0.2) is 0 Å². The maximum Gasteiger partial charge on any atom is 0.227 e. The van der Waals surface area contributed by atoms with Gasteiger partial charge in [-0.05, 0) is 18.8 Å². The fourth-order valence-corrected chi connectivity index (χ4v) is 3.36. The smallest absolute Gasteiger partial charge is 0.227 e. The molecule has 6 heteroatoms. The Kier molecular flexibility index (Phi) is 5.45. The van der Waals surface area contributed by atoms with Crippen molar-refractivity contribution >= 4 is 23.4 Å². The number of aromatic nitrogens is 4. The highest BCUT2D eigenvalue weighted by Crippen LogP contribution is 2.32. The predicted octanol–water partition coefficient (Wildman–Crippen LogP) is 4.03. The van der Waals surface area contributed by atoms with Crippen LogP contribution in [0.3, 0.4) is 0 Å². The van der Waals surface area contributed by atoms with Crippen molar-refractivity contribution in [3.8, 4) is 0 Å². The Bertz CT molecular complexity index is 623. The molecule has 0 saturated heterocycles. The van der Waals surface area contributed by atoms with E-state index < -0.39 is 0 Å². The molecule has 0 amide bonds. The first-order chi connectivity index (χ1) is 10.4. The zero-order valence-corrected chi connectivity index (χ0v) is 15.0. The fourth-order valence-electron chi connectivity index (χ4n) is 2.10. The van der Waals surface area contributed by atoms with E-state index in [4.69, 9.17) is 0 Å². The van der Waals surface area contributed by atoms with Gasteiger partial charge in [0.05, 0.1) is 17.6 Å². The molecule has 0 aliphatic rings. The molecular formula is C16H25N5S. The first-order valence-electron chi connectivity index (χ1n) is 7.62. The monoisotopic (exact) mass is 319 g/mol. The SMILES string of the molecule is Cc1nc(Nc2cnn(C)c2)ncc1SC(C)[C@@H](C)C(C)C. The first-order valence-corrected chi connectivity index (χ1v) is 8.50. The Labute approximate surface area is 136 Å². The molecule has 0 fully saturated rings. The van der Waals surface area contributed by atoms with Crippen molar-refractivity contribution < 1.29 is 0 Å². The molecule has 1 unspecified atom stereocenters. The molecule has 0 aromatic carbocycles. The van der Waals surface area contributed by atoms with Gasteiger partial charge in [0.1, 0.15) is 0 Å². The van der Waals surface area contributed by atoms with Gasteiger partial charge in [0.2, 0.25) is 5.95 Å². The minimum Gasteiger partial charge on any atom is -0.321 e. The molecule has 120 valence electrons. The predicted molar refractivity (Wildman–Crippen MR) is 92.6 cm³/mol. The van der Waals surface area contributed by atoms with E-state index in [1.54, 1.807) is 10.9 Å². The van der Waals surface area contributed by atoms with Crippen molar-refractivity contribution in [2.75, 3.05) is 5.32 Å². The first kappa shape index (κ1) is 16.8. The highest BCUT2D eigenvalue weighted by Gasteiger charge is 2.18. The number of rotatable bonds is 6. The molecule has 2 aromatic rings. The second-order valence-corrected chi connectivity index (χ2v) is 7.52. The molecule has 2 heterocycles. The lowest BCUT2D eigenvalue weighted by atomic mass is 9.95. The van der Waals surface area contributed by atoms with E-state index in [2.05, 4.69) is 48.1 Å². The third-order valence-electron chi connectivity index (χ3n) is 4.00. The Balaban J connectivity index is 2.06. The summed E-state index contributed by atoms with van der Waals surface area (Å²) in [6.45, 7) is 11.1. The van der Waals surface area contributed by atoms with Gasteiger partial charge < -0.3 is 5.32 Å². The topological polar surface area (TPSA) is 55.6 Å². The summed E-state index contributed by atoms with van der Waals surface area (Å²) in [6.07, 6.45) is 5.57. The Hall–Kier alpha value is -1.56. The summed E-state index contributed by atoms with van der Waals surface area (Å²) in [4.78, 5) is 10.1. The van der Waals surface area contributed by atoms with Gasteiger partial charge >= 0.3 is 0 Å². The summed E-state index contributed by atoms with van der Waals surface area (Å²) in [7, 11) is 1.88. The van der Waals surface area contributed by atoms with Crippen LogP contribution >= 0.6 is 11.8 Å². The average molecular weight is 319 g/mol. The van der Waals surface area contributed by atoms with Crippen molar-refractivity contribution in [1.29, 1.82) is 0 Å². The average Bonchev–Trinajstić information content (AvgIpc) is 2.86. The highest BCUT2D eigenvalue weighted by molar-refractivity contribution is 8.00. The van der Waals surface area contributed by atoms with Crippen LogP contribution in [0.1, 0.15) is 33.4 Å². The van der Waals surface area contributed by atoms with Crippen molar-refractivity contribution in [3.05, 3.63) is 24.3 Å². The standard InChI is InChI=1S/C16H25N5S/c1-10(2)11(3)13(5)22-15-8-17-16(19-12(15)4)20-14-7-18-21(6)9-14/h7-11,13H,1-6H3,(H,17,19,20)/t11-,13?/m0/s1. The molecule has 0 aliphatic carbocycles. The summed E-state index contributed by atoms with van der Waals surface area (Å²) in [5.41, 5.74) is 1.90. The molecule has 0 aliphatic heterocycles. The van der Waals surface area contributed by atoms with Gasteiger partial charge in [0, 0.05) is 29.6 Å². The lowest BCUT2D eigenvalue weighted by molar-refractivity contribution is 0.417. The number of hydrogen-bond donors (Lipinski definition) is 1. The lowest BCUT2D eigenvalue weighted by Gasteiger charge is -2.23. The number of nitrogens with one attached hydrogen (secondary N) is 1. The van der Waals surface area contributed by atoms with E-state index >= 15 is 0 Å². The van der Waals surface area contributed by atoms with E-state index in [9.17, 15) is 0 Å². The van der Waals surface area contributed by atoms with Crippen LogP contribution < -0.4 is 5.32 Å². The van der Waals surface area contributed by atoms with Gasteiger partial charge in [-0.3, -0.25) is 4.68 Å². The molecule has 0 saturated carbocycles. The van der Waals surface area contributed by atoms with E-state index in [1.165, 1.54) is 0 Å². The molecule has 0 bridgehead atoms. The Morgan fingerprint density at radius 1 is 1.18 bits per heavy atom. The number of thioether (sulfide) groups is 1. The Morgan fingerprint density at radius 2 is 1.91 bits per heavy atom. The van der Waals surface area contributed by atoms with Crippen LogP contribution in [0.5, 0.6) is 0 Å². The van der Waals surface area contributed by atoms with Crippen LogP contribution in [0.4, 0.5) is 11.6 Å². The normalized spacial score (nSPS) is 14.1. The van der Waals surface area contributed by atoms with Crippen molar-refractivity contribution in [3.63, 3.8) is 0 Å². The van der Waals surface area contributed by atoms with Crippen LogP contribution in [0.25, 0.3) is 0 Å². The van der Waals surface area contributed by atoms with Crippen LogP contribution in [0.2, 0.25) is 0 Å². The summed E-state index contributed by atoms with van der Waals surface area (Å²) in [5, 5.41) is 7.84. The molecule has 0 spiro atoms. The molecule has 1 N–H and O–H groups in total. The van der Waals surface area contributed by atoms with Crippen molar-refractivity contribution in [2.45, 2.75) is 44.8 Å². The van der Waals surface area contributed by atoms with Crippen LogP contribution in [0, 0.1) is 18.8 Å². The quantitative estimate of drug-likeness (QED) is 0.815. The highest BCUT2D eigenvalue weighted by atomic mass is 32.2. The van der Waals surface area contributed by atoms with Crippen molar-refractivity contribution in [2.24, 2.45) is 18.9 Å². The van der Waals surface area contributed by atoms with Crippen LogP contribution in [-0.4, -0.2) is 25.0 Å². The Morgan fingerprint density at radius 3 is 2.45 bits per heavy atom. The zero-order chi connectivity index (χ0) is 16.3. The van der Waals surface area contributed by atoms with Gasteiger partial charge in [-0.2, -0.15) is 5.10 Å². The van der Waals surface area contributed by atoms with Gasteiger partial charge in [-0.15, -0.1) is 11.8 Å². The summed E-state index contributed by atoms with van der Waals surface area (Å²) < 4.78 is 1.74. The summed E-state index contributed by atoms with van der Waals surface area (Å²) >= 11 is 1.86. The molecule has 2 rings (SSSR count). The minimum absolute atomic E-state index is 0.541. The van der Waals surface area contributed by atoms with Gasteiger partial charge in [-0.1, -0.05) is 27.7 Å². The minimum atomic E-state index is 0.541.